The lowest BCUT2D eigenvalue weighted by Crippen LogP contribution is -2.26. The first kappa shape index (κ1) is 13.5. The smallest absolute Gasteiger partial charge is 0.345 e. The number of nitrogens with two attached hydrogens (primary N) is 1. The number of hydrazone groups is 1. The zero-order valence-electron chi connectivity index (χ0n) is 9.94. The molecule has 7 heteroatoms. The highest BCUT2D eigenvalue weighted by Crippen LogP contribution is 2.18. The maximum Gasteiger partial charge on any atom is 0.345 e. The predicted molar refractivity (Wildman–Crippen MR) is 79.6 cm³/mol. The zero-order valence-corrected chi connectivity index (χ0v) is 11.5. The Morgan fingerprint density at radius 1 is 1.47 bits per heavy atom. The normalized spacial score (nSPS) is 11.6. The summed E-state index contributed by atoms with van der Waals surface area (Å²) < 4.78 is 5.19. The van der Waals surface area contributed by atoms with Crippen molar-refractivity contribution in [3.8, 4) is 0 Å². The molecular weight excluding hydrogens is 286 g/mol. The second-order valence-corrected chi connectivity index (χ2v) is 4.68. The average molecular weight is 296 g/mol. The molecule has 5 nitrogen and oxygen atoms in total. The molecule has 1 heterocycles. The van der Waals surface area contributed by atoms with Crippen molar-refractivity contribution in [1.29, 1.82) is 0 Å². The van der Waals surface area contributed by atoms with Gasteiger partial charge in [-0.25, -0.2) is 4.79 Å². The Labute approximate surface area is 119 Å². The van der Waals surface area contributed by atoms with Gasteiger partial charge >= 0.3 is 5.63 Å². The Kier molecular flexibility index (Phi) is 3.82. The summed E-state index contributed by atoms with van der Waals surface area (Å²) in [6, 6.07) is 6.66. The van der Waals surface area contributed by atoms with Crippen LogP contribution in [-0.2, 0) is 0 Å². The van der Waals surface area contributed by atoms with Crippen LogP contribution in [0.5, 0.6) is 0 Å². The fraction of sp³-hybridized carbons (Fsp3) is 0.0833. The molecule has 0 fully saturated rings. The molecule has 1 aromatic heterocycles. The van der Waals surface area contributed by atoms with Crippen LogP contribution in [0.4, 0.5) is 0 Å². The van der Waals surface area contributed by atoms with Crippen LogP contribution in [0, 0.1) is 0 Å². The highest BCUT2D eigenvalue weighted by molar-refractivity contribution is 7.80. The minimum Gasteiger partial charge on any atom is -0.422 e. The van der Waals surface area contributed by atoms with Gasteiger partial charge in [0.05, 0.1) is 11.3 Å². The number of halogens is 1. The Hall–Kier alpha value is -1.92. The Balaban J connectivity index is 2.54. The number of hydrogen-bond donors (Lipinski definition) is 2. The number of hydrogen-bond acceptors (Lipinski definition) is 4. The third-order valence-corrected chi connectivity index (χ3v) is 2.74. The number of nitrogens with one attached hydrogen (secondary N) is 1. The molecule has 1 aromatic carbocycles. The van der Waals surface area contributed by atoms with Gasteiger partial charge in [0.25, 0.3) is 0 Å². The Morgan fingerprint density at radius 2 is 2.21 bits per heavy atom. The van der Waals surface area contributed by atoms with Crippen molar-refractivity contribution in [1.82, 2.24) is 5.43 Å². The summed E-state index contributed by atoms with van der Waals surface area (Å²) in [6.07, 6.45) is 0. The minimum atomic E-state index is -0.485. The minimum absolute atomic E-state index is 0.0209. The topological polar surface area (TPSA) is 80.6 Å². The summed E-state index contributed by atoms with van der Waals surface area (Å²) in [5.74, 6) is 0. The highest BCUT2D eigenvalue weighted by Gasteiger charge is 2.08. The molecule has 0 saturated heterocycles. The lowest BCUT2D eigenvalue weighted by atomic mass is 10.1. The molecule has 2 rings (SSSR count). The first-order valence-corrected chi connectivity index (χ1v) is 6.09. The molecule has 0 spiro atoms. The van der Waals surface area contributed by atoms with Crippen LogP contribution in [0.1, 0.15) is 12.5 Å². The molecule has 0 bridgehead atoms. The lowest BCUT2D eigenvalue weighted by Gasteiger charge is -2.03. The number of fused-ring (bicyclic) bond motifs is 1. The van der Waals surface area contributed by atoms with Crippen LogP contribution >= 0.6 is 23.8 Å². The van der Waals surface area contributed by atoms with E-state index >= 15 is 0 Å². The quantitative estimate of drug-likeness (QED) is 0.383. The number of benzene rings is 1. The fourth-order valence-electron chi connectivity index (χ4n) is 1.55. The van der Waals surface area contributed by atoms with Gasteiger partial charge < -0.3 is 10.2 Å². The Bertz CT molecular complexity index is 739. The van der Waals surface area contributed by atoms with Gasteiger partial charge in [-0.2, -0.15) is 5.10 Å². The van der Waals surface area contributed by atoms with Gasteiger partial charge in [-0.05, 0) is 43.4 Å². The van der Waals surface area contributed by atoms with Crippen molar-refractivity contribution >= 4 is 45.6 Å². The van der Waals surface area contributed by atoms with Gasteiger partial charge in [0.1, 0.15) is 5.58 Å². The summed E-state index contributed by atoms with van der Waals surface area (Å²) in [5, 5.41) is 5.19. The molecule has 0 aliphatic heterocycles. The molecule has 0 saturated carbocycles. The van der Waals surface area contributed by atoms with Crippen LogP contribution in [0.25, 0.3) is 11.0 Å². The van der Waals surface area contributed by atoms with E-state index in [9.17, 15) is 4.79 Å². The van der Waals surface area contributed by atoms with Crippen LogP contribution in [-0.4, -0.2) is 10.8 Å². The van der Waals surface area contributed by atoms with Gasteiger partial charge in [-0.3, -0.25) is 5.43 Å². The van der Waals surface area contributed by atoms with Crippen LogP contribution in [0.15, 0.2) is 38.6 Å². The number of thiocarbonyl (C=S) groups is 1. The van der Waals surface area contributed by atoms with E-state index < -0.39 is 5.63 Å². The largest absolute Gasteiger partial charge is 0.422 e. The second-order valence-electron chi connectivity index (χ2n) is 3.80. The van der Waals surface area contributed by atoms with E-state index in [1.165, 1.54) is 0 Å². The zero-order chi connectivity index (χ0) is 14.0. The molecule has 19 heavy (non-hydrogen) atoms. The first-order chi connectivity index (χ1) is 8.97. The summed E-state index contributed by atoms with van der Waals surface area (Å²) in [7, 11) is 0. The molecule has 0 unspecified atom stereocenters. The molecule has 0 atom stereocenters. The molecule has 3 N–H and O–H groups in total. The van der Waals surface area contributed by atoms with Gasteiger partial charge in [-0.15, -0.1) is 0 Å². The van der Waals surface area contributed by atoms with Crippen molar-refractivity contribution in [2.24, 2.45) is 10.8 Å². The Morgan fingerprint density at radius 3 is 2.89 bits per heavy atom. The van der Waals surface area contributed by atoms with E-state index in [1.807, 2.05) is 0 Å². The van der Waals surface area contributed by atoms with Crippen LogP contribution in [0.2, 0.25) is 5.02 Å². The van der Waals surface area contributed by atoms with Gasteiger partial charge in [0, 0.05) is 10.4 Å². The van der Waals surface area contributed by atoms with E-state index in [4.69, 9.17) is 21.8 Å². The third-order valence-electron chi connectivity index (χ3n) is 2.42. The number of nitrogens with zero attached hydrogens (tertiary/aromatic N) is 1. The maximum atomic E-state index is 11.8. The molecule has 0 radical (unpaired) electrons. The van der Waals surface area contributed by atoms with E-state index in [2.05, 4.69) is 22.7 Å². The van der Waals surface area contributed by atoms with Crippen molar-refractivity contribution in [3.05, 3.63) is 45.3 Å². The van der Waals surface area contributed by atoms with Gasteiger partial charge in [-0.1, -0.05) is 11.6 Å². The van der Waals surface area contributed by atoms with E-state index in [-0.39, 0.29) is 5.11 Å². The van der Waals surface area contributed by atoms with Gasteiger partial charge in [0.2, 0.25) is 0 Å². The molecule has 2 aromatic rings. The molecule has 0 aliphatic rings. The monoisotopic (exact) mass is 295 g/mol. The van der Waals surface area contributed by atoms with Crippen molar-refractivity contribution in [2.75, 3.05) is 0 Å². The summed E-state index contributed by atoms with van der Waals surface area (Å²) in [4.78, 5) is 11.8. The highest BCUT2D eigenvalue weighted by atomic mass is 35.5. The van der Waals surface area contributed by atoms with Crippen molar-refractivity contribution < 1.29 is 4.42 Å². The molecular formula is C12H10ClN3O2S. The summed E-state index contributed by atoms with van der Waals surface area (Å²) in [6.45, 7) is 1.65. The summed E-state index contributed by atoms with van der Waals surface area (Å²) in [5.41, 5.74) is 8.40. The van der Waals surface area contributed by atoms with Crippen molar-refractivity contribution in [2.45, 2.75) is 6.92 Å². The SMILES string of the molecule is C/C(=N/NC(N)=S)c1cc2cc(Cl)ccc2oc1=O. The standard InChI is InChI=1S/C12H10ClN3O2S/c1-6(15-16-12(14)19)9-5-7-4-8(13)2-3-10(7)18-11(9)17/h2-5H,1H3,(H3,14,16,19)/b15-6-. The van der Waals surface area contributed by atoms with Crippen molar-refractivity contribution in [3.63, 3.8) is 0 Å². The molecule has 0 amide bonds. The summed E-state index contributed by atoms with van der Waals surface area (Å²) >= 11 is 10.5. The lowest BCUT2D eigenvalue weighted by molar-refractivity contribution is 0.559. The average Bonchev–Trinajstić information content (AvgIpc) is 2.35. The molecule has 98 valence electrons. The van der Waals surface area contributed by atoms with E-state index in [0.717, 1.165) is 0 Å². The van der Waals surface area contributed by atoms with Crippen LogP contribution in [0.3, 0.4) is 0 Å². The third kappa shape index (κ3) is 3.10. The van der Waals surface area contributed by atoms with E-state index in [1.54, 1.807) is 31.2 Å². The second kappa shape index (κ2) is 5.38. The number of rotatable bonds is 2. The van der Waals surface area contributed by atoms with Crippen LogP contribution < -0.4 is 16.8 Å². The molecule has 0 aliphatic carbocycles. The van der Waals surface area contributed by atoms with E-state index in [0.29, 0.717) is 27.3 Å². The fourth-order valence-corrected chi connectivity index (χ4v) is 1.77. The maximum absolute atomic E-state index is 11.8. The van der Waals surface area contributed by atoms with Gasteiger partial charge in [0.15, 0.2) is 5.11 Å². The first-order valence-electron chi connectivity index (χ1n) is 5.31. The predicted octanol–water partition coefficient (Wildman–Crippen LogP) is 2.00.